The SMILES string of the molecule is Cc1cc(C)nc(C#Cc2ccc(N(c3ccc(C#Cc4nc(C)cc(C)n4)cc3)c3ccc(C#Cc4nc(C)cc(C)n4)cc3)cc2)n1. The predicted molar refractivity (Wildman–Crippen MR) is 194 cm³/mol. The fraction of sp³-hybridized carbons (Fsp3) is 0.143. The first-order valence-electron chi connectivity index (χ1n) is 15.8. The Labute approximate surface area is 287 Å². The summed E-state index contributed by atoms with van der Waals surface area (Å²) >= 11 is 0. The third-order valence-electron chi connectivity index (χ3n) is 7.28. The molecule has 0 aliphatic heterocycles. The Hall–Kier alpha value is -6.62. The van der Waals surface area contributed by atoms with Crippen molar-refractivity contribution in [3.8, 4) is 35.5 Å². The maximum atomic E-state index is 4.44. The monoisotopic (exact) mass is 635 g/mol. The zero-order valence-corrected chi connectivity index (χ0v) is 28.3. The third kappa shape index (κ3) is 8.60. The van der Waals surface area contributed by atoms with Gasteiger partial charge in [-0.25, -0.2) is 29.9 Å². The van der Waals surface area contributed by atoms with Gasteiger partial charge in [0.05, 0.1) is 0 Å². The van der Waals surface area contributed by atoms with Crippen LogP contribution in [0.4, 0.5) is 17.1 Å². The van der Waals surface area contributed by atoms with Gasteiger partial charge < -0.3 is 4.90 Å². The van der Waals surface area contributed by atoms with Gasteiger partial charge in [-0.15, -0.1) is 0 Å². The van der Waals surface area contributed by atoms with Gasteiger partial charge in [-0.1, -0.05) is 17.8 Å². The Morgan fingerprint density at radius 1 is 0.327 bits per heavy atom. The minimum absolute atomic E-state index is 0.516. The molecule has 0 saturated carbocycles. The van der Waals surface area contributed by atoms with E-state index in [9.17, 15) is 0 Å². The highest BCUT2D eigenvalue weighted by Gasteiger charge is 2.13. The molecule has 0 saturated heterocycles. The molecule has 0 spiro atoms. The minimum atomic E-state index is 0.516. The molecule has 0 aliphatic carbocycles. The van der Waals surface area contributed by atoms with Crippen molar-refractivity contribution in [2.45, 2.75) is 41.5 Å². The molecular weight excluding hydrogens is 603 g/mol. The number of rotatable bonds is 3. The summed E-state index contributed by atoms with van der Waals surface area (Å²) < 4.78 is 0. The van der Waals surface area contributed by atoms with Crippen LogP contribution in [-0.2, 0) is 0 Å². The zero-order valence-electron chi connectivity index (χ0n) is 28.3. The molecule has 49 heavy (non-hydrogen) atoms. The first-order chi connectivity index (χ1) is 23.7. The molecular formula is C42H33N7. The molecule has 0 fully saturated rings. The summed E-state index contributed by atoms with van der Waals surface area (Å²) in [6.07, 6.45) is 0. The van der Waals surface area contributed by atoms with Crippen LogP contribution in [0.1, 0.15) is 68.3 Å². The second-order valence-electron chi connectivity index (χ2n) is 11.6. The minimum Gasteiger partial charge on any atom is -0.311 e. The number of benzene rings is 3. The van der Waals surface area contributed by atoms with E-state index in [0.717, 1.165) is 67.9 Å². The van der Waals surface area contributed by atoms with E-state index >= 15 is 0 Å². The maximum Gasteiger partial charge on any atom is 0.205 e. The van der Waals surface area contributed by atoms with Crippen LogP contribution in [-0.4, -0.2) is 29.9 Å². The lowest BCUT2D eigenvalue weighted by molar-refractivity contribution is 1.03. The topological polar surface area (TPSA) is 80.6 Å². The second kappa shape index (κ2) is 14.4. The molecule has 7 heteroatoms. The van der Waals surface area contributed by atoms with Crippen LogP contribution in [0.15, 0.2) is 91.0 Å². The average Bonchev–Trinajstić information content (AvgIpc) is 3.06. The molecule has 3 aromatic carbocycles. The predicted octanol–water partition coefficient (Wildman–Crippen LogP) is 7.58. The Kier molecular flexibility index (Phi) is 9.52. The molecule has 0 bridgehead atoms. The Morgan fingerprint density at radius 2 is 0.551 bits per heavy atom. The number of aromatic nitrogens is 6. The number of aryl methyl sites for hydroxylation is 6. The van der Waals surface area contributed by atoms with Gasteiger partial charge in [0, 0.05) is 67.9 Å². The smallest absolute Gasteiger partial charge is 0.205 e. The van der Waals surface area contributed by atoms with Gasteiger partial charge in [0.1, 0.15) is 0 Å². The van der Waals surface area contributed by atoms with Crippen molar-refractivity contribution in [3.63, 3.8) is 0 Å². The van der Waals surface area contributed by atoms with Gasteiger partial charge in [0.2, 0.25) is 17.5 Å². The highest BCUT2D eigenvalue weighted by Crippen LogP contribution is 2.34. The van der Waals surface area contributed by atoms with Gasteiger partial charge in [-0.05, 0) is 150 Å². The van der Waals surface area contributed by atoms with Gasteiger partial charge in [0.15, 0.2) is 0 Å². The largest absolute Gasteiger partial charge is 0.311 e. The van der Waals surface area contributed by atoms with Crippen molar-refractivity contribution in [1.29, 1.82) is 0 Å². The molecule has 3 heterocycles. The van der Waals surface area contributed by atoms with Crippen LogP contribution in [0.3, 0.4) is 0 Å². The van der Waals surface area contributed by atoms with E-state index < -0.39 is 0 Å². The van der Waals surface area contributed by atoms with Crippen LogP contribution in [0.25, 0.3) is 0 Å². The van der Waals surface area contributed by atoms with E-state index in [4.69, 9.17) is 0 Å². The Morgan fingerprint density at radius 3 is 0.776 bits per heavy atom. The van der Waals surface area contributed by atoms with Crippen molar-refractivity contribution >= 4 is 17.1 Å². The molecule has 6 rings (SSSR count). The lowest BCUT2D eigenvalue weighted by Gasteiger charge is -2.25. The molecule has 0 aliphatic rings. The highest BCUT2D eigenvalue weighted by atomic mass is 15.1. The van der Waals surface area contributed by atoms with E-state index in [1.165, 1.54) is 0 Å². The first kappa shape index (κ1) is 32.3. The summed E-state index contributed by atoms with van der Waals surface area (Å²) in [6.45, 7) is 11.7. The molecule has 6 aromatic rings. The number of nitrogens with zero attached hydrogens (tertiary/aromatic N) is 7. The molecule has 0 amide bonds. The molecule has 0 unspecified atom stereocenters. The number of hydrogen-bond donors (Lipinski definition) is 0. The summed E-state index contributed by atoms with van der Waals surface area (Å²) in [5.74, 6) is 20.4. The quantitative estimate of drug-likeness (QED) is 0.186. The summed E-state index contributed by atoms with van der Waals surface area (Å²) in [5, 5.41) is 0. The van der Waals surface area contributed by atoms with Crippen LogP contribution in [0.5, 0.6) is 0 Å². The fourth-order valence-corrected chi connectivity index (χ4v) is 5.26. The van der Waals surface area contributed by atoms with Crippen molar-refractivity contribution in [3.05, 3.63) is 159 Å². The molecule has 7 nitrogen and oxygen atoms in total. The van der Waals surface area contributed by atoms with E-state index in [0.29, 0.717) is 17.5 Å². The number of anilines is 3. The zero-order chi connectivity index (χ0) is 34.3. The lowest BCUT2D eigenvalue weighted by atomic mass is 10.1. The summed E-state index contributed by atoms with van der Waals surface area (Å²) in [6, 6.07) is 30.2. The van der Waals surface area contributed by atoms with Crippen molar-refractivity contribution in [2.24, 2.45) is 0 Å². The van der Waals surface area contributed by atoms with E-state index in [2.05, 4.69) is 107 Å². The van der Waals surface area contributed by atoms with Gasteiger partial charge in [-0.2, -0.15) is 0 Å². The van der Waals surface area contributed by atoms with Crippen LogP contribution >= 0.6 is 0 Å². The van der Waals surface area contributed by atoms with Crippen molar-refractivity contribution in [2.75, 3.05) is 4.90 Å². The normalized spacial score (nSPS) is 10.2. The Balaban J connectivity index is 1.31. The molecule has 236 valence electrons. The van der Waals surface area contributed by atoms with Gasteiger partial charge in [0.25, 0.3) is 0 Å². The molecule has 3 aromatic heterocycles. The van der Waals surface area contributed by atoms with E-state index in [-0.39, 0.29) is 0 Å². The second-order valence-corrected chi connectivity index (χ2v) is 11.6. The lowest BCUT2D eigenvalue weighted by Crippen LogP contribution is -2.10. The first-order valence-corrected chi connectivity index (χ1v) is 15.8. The number of hydrogen-bond acceptors (Lipinski definition) is 7. The molecule has 0 N–H and O–H groups in total. The van der Waals surface area contributed by atoms with E-state index in [1.54, 1.807) is 0 Å². The molecule has 0 radical (unpaired) electrons. The van der Waals surface area contributed by atoms with Gasteiger partial charge in [-0.3, -0.25) is 0 Å². The average molecular weight is 636 g/mol. The van der Waals surface area contributed by atoms with Crippen LogP contribution in [0.2, 0.25) is 0 Å². The van der Waals surface area contributed by atoms with Gasteiger partial charge >= 0.3 is 0 Å². The van der Waals surface area contributed by atoms with Crippen molar-refractivity contribution < 1.29 is 0 Å². The standard InChI is InChI=1S/C42H33N7/c1-28-25-29(2)44-40(43-28)22-13-34-7-16-37(17-8-34)49(38-18-9-35(10-19-38)14-23-41-45-30(3)26-31(4)46-41)39-20-11-36(12-21-39)15-24-42-47-32(5)27-33(6)48-42/h7-12,16-21,25-27H,1-6H3. The van der Waals surface area contributed by atoms with E-state index in [1.807, 2.05) is 96.1 Å². The highest BCUT2D eigenvalue weighted by molar-refractivity contribution is 5.77. The molecule has 0 atom stereocenters. The summed E-state index contributed by atoms with van der Waals surface area (Å²) in [7, 11) is 0. The third-order valence-corrected chi connectivity index (χ3v) is 7.28. The maximum absolute atomic E-state index is 4.44. The summed E-state index contributed by atoms with van der Waals surface area (Å²) in [5.41, 5.74) is 10.9. The fourth-order valence-electron chi connectivity index (χ4n) is 5.26. The Bertz CT molecular complexity index is 2010. The van der Waals surface area contributed by atoms with Crippen molar-refractivity contribution in [1.82, 2.24) is 29.9 Å². The van der Waals surface area contributed by atoms with Crippen LogP contribution in [0, 0.1) is 77.1 Å². The van der Waals surface area contributed by atoms with Crippen LogP contribution < -0.4 is 4.90 Å². The summed E-state index contributed by atoms with van der Waals surface area (Å²) in [4.78, 5) is 28.8.